The molecule has 5 aromatic carbocycles. The van der Waals surface area contributed by atoms with Crippen molar-refractivity contribution in [1.82, 2.24) is 4.90 Å². The van der Waals surface area contributed by atoms with E-state index in [0.717, 1.165) is 70.2 Å². The Labute approximate surface area is 393 Å². The van der Waals surface area contributed by atoms with Gasteiger partial charge in [-0.2, -0.15) is 0 Å². The monoisotopic (exact) mass is 910 g/mol. The molecule has 11 heteroatoms. The topological polar surface area (TPSA) is 119 Å². The van der Waals surface area contributed by atoms with E-state index in [2.05, 4.69) is 55.1 Å². The van der Waals surface area contributed by atoms with Gasteiger partial charge < -0.3 is 34.0 Å². The van der Waals surface area contributed by atoms with Crippen LogP contribution in [-0.2, 0) is 27.5 Å². The minimum atomic E-state index is -1.44. The maximum absolute atomic E-state index is 14.6. The molecule has 66 heavy (non-hydrogen) atoms. The Morgan fingerprint density at radius 1 is 0.909 bits per heavy atom. The minimum Gasteiger partial charge on any atom is -0.493 e. The summed E-state index contributed by atoms with van der Waals surface area (Å²) in [5, 5.41) is 27.1. The number of allylic oxidation sites excluding steroid dienone is 1. The number of nitrogens with zero attached hydrogens (tertiary/aromatic N) is 2. The van der Waals surface area contributed by atoms with Gasteiger partial charge in [-0.15, -0.1) is 18.3 Å². The second-order valence-electron chi connectivity index (χ2n) is 17.3. The van der Waals surface area contributed by atoms with Gasteiger partial charge in [-0.25, -0.2) is 4.79 Å². The van der Waals surface area contributed by atoms with E-state index in [1.807, 2.05) is 78.9 Å². The number of ether oxygens (including phenoxy) is 4. The fourth-order valence-electron chi connectivity index (χ4n) is 10.4. The molecule has 8 rings (SSSR count). The van der Waals surface area contributed by atoms with E-state index in [1.165, 1.54) is 12.0 Å². The van der Waals surface area contributed by atoms with Gasteiger partial charge in [-0.3, -0.25) is 4.90 Å². The number of aliphatic hydroxyl groups is 2. The number of benzene rings is 5. The molecule has 1 aliphatic heterocycles. The maximum Gasteiger partial charge on any atom is 0.410 e. The van der Waals surface area contributed by atoms with Crippen LogP contribution in [0.15, 0.2) is 156 Å². The van der Waals surface area contributed by atoms with Crippen molar-refractivity contribution in [2.24, 2.45) is 22.9 Å². The van der Waals surface area contributed by atoms with Gasteiger partial charge in [0.2, 0.25) is 5.79 Å². The van der Waals surface area contributed by atoms with Crippen LogP contribution in [0.5, 0.6) is 11.5 Å². The largest absolute Gasteiger partial charge is 0.493 e. The summed E-state index contributed by atoms with van der Waals surface area (Å²) in [6, 6.07) is 39.9. The van der Waals surface area contributed by atoms with Crippen LogP contribution >= 0.6 is 11.8 Å². The average molecular weight is 911 g/mol. The van der Waals surface area contributed by atoms with Gasteiger partial charge in [0.1, 0.15) is 24.1 Å². The molecule has 1 heterocycles. The number of fused-ring (bicyclic) bond motifs is 3. The third kappa shape index (κ3) is 10.5. The predicted octanol–water partition coefficient (Wildman–Crippen LogP) is 11.1. The number of thioether (sulfide) groups is 1. The molecule has 2 N–H and O–H groups in total. The van der Waals surface area contributed by atoms with Gasteiger partial charge in [0.15, 0.2) is 0 Å². The molecule has 0 aromatic heterocycles. The van der Waals surface area contributed by atoms with E-state index < -0.39 is 23.8 Å². The molecule has 3 aliphatic rings. The third-order valence-corrected chi connectivity index (χ3v) is 14.2. The zero-order valence-corrected chi connectivity index (χ0v) is 38.7. The summed E-state index contributed by atoms with van der Waals surface area (Å²) in [7, 11) is 1.41. The van der Waals surface area contributed by atoms with Gasteiger partial charge in [-0.05, 0) is 95.3 Å². The number of carbonyl (C=O) groups is 1. The number of hydrogen-bond donors (Lipinski definition) is 2. The molecule has 0 saturated heterocycles. The second kappa shape index (κ2) is 22.7. The van der Waals surface area contributed by atoms with Gasteiger partial charge >= 0.3 is 6.09 Å². The highest BCUT2D eigenvalue weighted by Crippen LogP contribution is 2.62. The lowest BCUT2D eigenvalue weighted by molar-refractivity contribution is -0.256. The van der Waals surface area contributed by atoms with Crippen LogP contribution in [0.2, 0.25) is 0 Å². The number of unbranched alkanes of at least 4 members (excludes halogenated alkanes) is 2. The Morgan fingerprint density at radius 2 is 1.65 bits per heavy atom. The smallest absolute Gasteiger partial charge is 0.410 e. The number of aliphatic hydroxyl groups excluding tert-OH is 2. The van der Waals surface area contributed by atoms with Crippen molar-refractivity contribution in [1.29, 1.82) is 0 Å². The number of carbonyl (C=O) groups excluding carboxylic acids is 1. The molecule has 1 amide bonds. The zero-order chi connectivity index (χ0) is 45.7. The summed E-state index contributed by atoms with van der Waals surface area (Å²) in [5.41, 5.74) is 4.62. The highest BCUT2D eigenvalue weighted by Gasteiger charge is 2.65. The quantitative estimate of drug-likeness (QED) is 0.0303. The number of methoxy groups -OCH3 is 1. The SMILES string of the molecule is C=CCOC12Oc3ccc(OCCSc4ccccc4)cc3C3C(CCCCO)C(CCCCO)C=C(C(=NOCc4ccccc4)CC1N(Cc1cccc4ccccc14)C(=O)OC)C32. The lowest BCUT2D eigenvalue weighted by atomic mass is 9.55. The molecule has 1 fully saturated rings. The van der Waals surface area contributed by atoms with Crippen LogP contribution in [0.1, 0.15) is 67.6 Å². The molecule has 0 bridgehead atoms. The van der Waals surface area contributed by atoms with E-state index in [4.69, 9.17) is 28.9 Å². The van der Waals surface area contributed by atoms with Crippen molar-refractivity contribution in [3.05, 3.63) is 162 Å². The molecule has 10 nitrogen and oxygen atoms in total. The van der Waals surface area contributed by atoms with Crippen molar-refractivity contribution in [2.75, 3.05) is 39.3 Å². The summed E-state index contributed by atoms with van der Waals surface area (Å²) in [6.45, 7) is 5.43. The summed E-state index contributed by atoms with van der Waals surface area (Å²) < 4.78 is 26.8. The average Bonchev–Trinajstić information content (AvgIpc) is 3.35. The minimum absolute atomic E-state index is 0.0668. The Hall–Kier alpha value is -5.59. The molecule has 0 spiro atoms. The highest BCUT2D eigenvalue weighted by molar-refractivity contribution is 7.99. The van der Waals surface area contributed by atoms with Crippen LogP contribution in [-0.4, -0.2) is 78.0 Å². The Kier molecular flexibility index (Phi) is 16.2. The van der Waals surface area contributed by atoms with E-state index in [1.54, 1.807) is 22.7 Å². The van der Waals surface area contributed by atoms with E-state index in [9.17, 15) is 15.0 Å². The molecule has 5 aromatic rings. The van der Waals surface area contributed by atoms with Crippen LogP contribution < -0.4 is 9.47 Å². The van der Waals surface area contributed by atoms with Gasteiger partial charge in [0.05, 0.1) is 38.5 Å². The Balaban J connectivity index is 1.29. The van der Waals surface area contributed by atoms with E-state index in [0.29, 0.717) is 30.9 Å². The van der Waals surface area contributed by atoms with Crippen LogP contribution in [0.4, 0.5) is 4.79 Å². The second-order valence-corrected chi connectivity index (χ2v) is 18.4. The number of rotatable bonds is 22. The first-order valence-electron chi connectivity index (χ1n) is 23.3. The molecular weight excluding hydrogens is 849 g/mol. The highest BCUT2D eigenvalue weighted by atomic mass is 32.2. The van der Waals surface area contributed by atoms with Gasteiger partial charge in [0, 0.05) is 41.8 Å². The number of amides is 1. The van der Waals surface area contributed by atoms with Crippen LogP contribution in [0.3, 0.4) is 0 Å². The van der Waals surface area contributed by atoms with E-state index in [-0.39, 0.29) is 57.1 Å². The van der Waals surface area contributed by atoms with E-state index >= 15 is 0 Å². The molecule has 2 aliphatic carbocycles. The fourth-order valence-corrected chi connectivity index (χ4v) is 11.1. The Bertz CT molecular complexity index is 2440. The maximum atomic E-state index is 14.6. The standard InChI is InChI=1S/C55H62N2O8S/c1-3-31-63-55-51(57(54(60)61-2)37-42-22-16-21-40-19-10-11-25-45(40)42)36-49(56-64-38-39-17-6-4-7-18-39)47-34-41(20-12-14-29-58)46(26-13-15-30-59)52(53(47)55)48-35-43(27-28-50(48)65-55)62-32-33-66-44-23-8-5-9-24-44/h3-11,16-19,21-25,27-28,34-35,41,46,51-53,58-59H,1,12-15,20,26,29-33,36-38H2,2H3. The first-order valence-corrected chi connectivity index (χ1v) is 24.3. The van der Waals surface area contributed by atoms with Crippen molar-refractivity contribution < 1.29 is 38.8 Å². The number of oxime groups is 1. The van der Waals surface area contributed by atoms with Crippen molar-refractivity contribution in [2.45, 2.75) is 80.7 Å². The predicted molar refractivity (Wildman–Crippen MR) is 261 cm³/mol. The molecule has 6 atom stereocenters. The summed E-state index contributed by atoms with van der Waals surface area (Å²) in [4.78, 5) is 23.8. The lowest BCUT2D eigenvalue weighted by Crippen LogP contribution is -2.70. The van der Waals surface area contributed by atoms with Gasteiger partial charge in [0.25, 0.3) is 0 Å². The van der Waals surface area contributed by atoms with Crippen LogP contribution in [0, 0.1) is 17.8 Å². The summed E-state index contributed by atoms with van der Waals surface area (Å²) >= 11 is 1.75. The van der Waals surface area contributed by atoms with Gasteiger partial charge in [-0.1, -0.05) is 121 Å². The van der Waals surface area contributed by atoms with Crippen molar-refractivity contribution >= 4 is 34.3 Å². The van der Waals surface area contributed by atoms with Crippen LogP contribution in [0.25, 0.3) is 10.8 Å². The Morgan fingerprint density at radius 3 is 2.42 bits per heavy atom. The zero-order valence-electron chi connectivity index (χ0n) is 37.8. The molecule has 6 unspecified atom stereocenters. The molecule has 346 valence electrons. The first kappa shape index (κ1) is 46.9. The van der Waals surface area contributed by atoms with Crippen molar-refractivity contribution in [3.8, 4) is 11.5 Å². The fraction of sp³-hybridized carbons (Fsp3) is 0.382. The molecule has 1 saturated carbocycles. The first-order chi connectivity index (χ1) is 32.5. The third-order valence-electron chi connectivity index (χ3n) is 13.3. The summed E-state index contributed by atoms with van der Waals surface area (Å²) in [5.74, 6) is 0.228. The molecular formula is C55H62N2O8S. The number of hydrogen-bond acceptors (Lipinski definition) is 10. The lowest BCUT2D eigenvalue weighted by Gasteiger charge is -2.59. The molecule has 0 radical (unpaired) electrons. The van der Waals surface area contributed by atoms with Crippen molar-refractivity contribution in [3.63, 3.8) is 0 Å². The normalized spacial score (nSPS) is 22.4. The summed E-state index contributed by atoms with van der Waals surface area (Å²) in [6.07, 6.45) is 8.48.